The highest BCUT2D eigenvalue weighted by Gasteiger charge is 2.22. The summed E-state index contributed by atoms with van der Waals surface area (Å²) in [7, 11) is 2.04. The lowest BCUT2D eigenvalue weighted by atomic mass is 9.86. The molecule has 2 heteroatoms. The van der Waals surface area contributed by atoms with Crippen LogP contribution < -0.4 is 10.1 Å². The van der Waals surface area contributed by atoms with Crippen LogP contribution in [0, 0.1) is 5.41 Å². The van der Waals surface area contributed by atoms with E-state index in [-0.39, 0.29) is 0 Å². The number of para-hydroxylation sites is 1. The minimum atomic E-state index is 0.383. The van der Waals surface area contributed by atoms with Crippen LogP contribution in [0.2, 0.25) is 0 Å². The summed E-state index contributed by atoms with van der Waals surface area (Å²) in [5.41, 5.74) is 3.08. The van der Waals surface area contributed by atoms with Gasteiger partial charge in [-0.25, -0.2) is 0 Å². The molecule has 2 rings (SSSR count). The van der Waals surface area contributed by atoms with E-state index in [1.807, 2.05) is 7.05 Å². The Kier molecular flexibility index (Phi) is 3.96. The van der Waals surface area contributed by atoms with Gasteiger partial charge in [-0.1, -0.05) is 39.0 Å². The minimum Gasteiger partial charge on any atom is -0.493 e. The predicted octanol–water partition coefficient (Wildman–Crippen LogP) is 3.71. The summed E-state index contributed by atoms with van der Waals surface area (Å²) in [5.74, 6) is 1.13. The Morgan fingerprint density at radius 3 is 2.78 bits per heavy atom. The van der Waals surface area contributed by atoms with Gasteiger partial charge in [-0.15, -0.1) is 0 Å². The fourth-order valence-electron chi connectivity index (χ4n) is 2.55. The second-order valence-electron chi connectivity index (χ2n) is 6.37. The van der Waals surface area contributed by atoms with E-state index in [2.05, 4.69) is 44.3 Å². The first-order valence-electron chi connectivity index (χ1n) is 6.93. The Labute approximate surface area is 111 Å². The van der Waals surface area contributed by atoms with Crippen LogP contribution in [-0.4, -0.2) is 13.7 Å². The fraction of sp³-hybridized carbons (Fsp3) is 0.625. The van der Waals surface area contributed by atoms with Crippen molar-refractivity contribution in [1.82, 2.24) is 5.32 Å². The van der Waals surface area contributed by atoms with Crippen LogP contribution in [0.25, 0.3) is 0 Å². The first kappa shape index (κ1) is 13.4. The molecule has 1 N–H and O–H groups in total. The number of fused-ring (bicyclic) bond motifs is 1. The molecule has 1 aromatic carbocycles. The number of nitrogens with one attached hydrogen (secondary N) is 1. The Morgan fingerprint density at radius 1 is 1.33 bits per heavy atom. The van der Waals surface area contributed by atoms with Crippen LogP contribution in [-0.2, 0) is 6.42 Å². The van der Waals surface area contributed by atoms with Crippen molar-refractivity contribution >= 4 is 0 Å². The molecule has 100 valence electrons. The molecule has 0 aliphatic carbocycles. The topological polar surface area (TPSA) is 21.3 Å². The van der Waals surface area contributed by atoms with Gasteiger partial charge >= 0.3 is 0 Å². The van der Waals surface area contributed by atoms with Crippen molar-refractivity contribution in [2.24, 2.45) is 5.41 Å². The van der Waals surface area contributed by atoms with E-state index in [4.69, 9.17) is 4.74 Å². The maximum atomic E-state index is 5.80. The van der Waals surface area contributed by atoms with Gasteiger partial charge in [-0.2, -0.15) is 0 Å². The lowest BCUT2D eigenvalue weighted by molar-refractivity contribution is 0.324. The third kappa shape index (κ3) is 3.05. The Morgan fingerprint density at radius 2 is 2.11 bits per heavy atom. The molecular formula is C16H25NO. The van der Waals surface area contributed by atoms with Gasteiger partial charge in [-0.3, -0.25) is 0 Å². The monoisotopic (exact) mass is 247 g/mol. The van der Waals surface area contributed by atoms with Crippen molar-refractivity contribution < 1.29 is 4.74 Å². The van der Waals surface area contributed by atoms with E-state index in [0.717, 1.165) is 25.2 Å². The maximum Gasteiger partial charge on any atom is 0.127 e. The molecule has 2 nitrogen and oxygen atoms in total. The van der Waals surface area contributed by atoms with Gasteiger partial charge < -0.3 is 10.1 Å². The van der Waals surface area contributed by atoms with Crippen molar-refractivity contribution in [2.45, 2.75) is 46.1 Å². The first-order valence-corrected chi connectivity index (χ1v) is 6.93. The molecular weight excluding hydrogens is 222 g/mol. The molecule has 0 saturated carbocycles. The van der Waals surface area contributed by atoms with Crippen LogP contribution >= 0.6 is 0 Å². The molecule has 1 heterocycles. The highest BCUT2D eigenvalue weighted by molar-refractivity contribution is 5.45. The van der Waals surface area contributed by atoms with Gasteiger partial charge in [0, 0.05) is 18.0 Å². The fourth-order valence-corrected chi connectivity index (χ4v) is 2.55. The van der Waals surface area contributed by atoms with Crippen LogP contribution in [0.4, 0.5) is 0 Å². The van der Waals surface area contributed by atoms with Crippen molar-refractivity contribution in [2.75, 3.05) is 13.7 Å². The summed E-state index contributed by atoms with van der Waals surface area (Å²) in [6.07, 6.45) is 3.42. The van der Waals surface area contributed by atoms with Crippen molar-refractivity contribution in [3.8, 4) is 5.75 Å². The Bertz CT molecular complexity index is 406. The molecule has 1 aromatic rings. The normalized spacial score (nSPS) is 16.2. The lowest BCUT2D eigenvalue weighted by Crippen LogP contribution is -2.19. The Balaban J connectivity index is 2.15. The second-order valence-corrected chi connectivity index (χ2v) is 6.37. The van der Waals surface area contributed by atoms with E-state index in [1.165, 1.54) is 17.5 Å². The average Bonchev–Trinajstić information content (AvgIpc) is 2.77. The van der Waals surface area contributed by atoms with Gasteiger partial charge in [0.15, 0.2) is 0 Å². The molecule has 1 atom stereocenters. The largest absolute Gasteiger partial charge is 0.493 e. The Hall–Kier alpha value is -1.02. The molecule has 1 aliphatic heterocycles. The summed E-state index contributed by atoms with van der Waals surface area (Å²) < 4.78 is 5.80. The molecule has 0 radical (unpaired) electrons. The summed E-state index contributed by atoms with van der Waals surface area (Å²) in [5, 5.41) is 3.44. The third-order valence-electron chi connectivity index (χ3n) is 3.65. The molecule has 18 heavy (non-hydrogen) atoms. The van der Waals surface area contributed by atoms with E-state index in [9.17, 15) is 0 Å². The van der Waals surface area contributed by atoms with Crippen molar-refractivity contribution in [3.63, 3.8) is 0 Å². The molecule has 0 aromatic heterocycles. The van der Waals surface area contributed by atoms with Gasteiger partial charge in [0.05, 0.1) is 6.61 Å². The molecule has 0 saturated heterocycles. The summed E-state index contributed by atoms with van der Waals surface area (Å²) in [6, 6.07) is 6.94. The SMILES string of the molecule is CNC(CCC(C)(C)C)c1cccc2c1OCC2. The molecule has 0 spiro atoms. The zero-order valence-corrected chi connectivity index (χ0v) is 12.0. The average molecular weight is 247 g/mol. The highest BCUT2D eigenvalue weighted by Crippen LogP contribution is 2.36. The summed E-state index contributed by atoms with van der Waals surface area (Å²) in [4.78, 5) is 0. The van der Waals surface area contributed by atoms with Crippen molar-refractivity contribution in [1.29, 1.82) is 0 Å². The minimum absolute atomic E-state index is 0.383. The van der Waals surface area contributed by atoms with E-state index in [0.29, 0.717) is 11.5 Å². The second kappa shape index (κ2) is 5.31. The van der Waals surface area contributed by atoms with Gasteiger partial charge in [0.1, 0.15) is 5.75 Å². The number of ether oxygens (including phenoxy) is 1. The molecule has 0 fully saturated rings. The standard InChI is InChI=1S/C16H25NO/c1-16(2,3)10-8-14(17-4)13-7-5-6-12-9-11-18-15(12)13/h5-7,14,17H,8-11H2,1-4H3. The smallest absolute Gasteiger partial charge is 0.127 e. The van der Waals surface area contributed by atoms with Gasteiger partial charge in [0.2, 0.25) is 0 Å². The maximum absolute atomic E-state index is 5.80. The molecule has 0 bridgehead atoms. The third-order valence-corrected chi connectivity index (χ3v) is 3.65. The number of hydrogen-bond donors (Lipinski definition) is 1. The van der Waals surface area contributed by atoms with E-state index >= 15 is 0 Å². The molecule has 0 amide bonds. The van der Waals surface area contributed by atoms with E-state index < -0.39 is 0 Å². The van der Waals surface area contributed by atoms with Crippen LogP contribution in [0.3, 0.4) is 0 Å². The number of benzene rings is 1. The predicted molar refractivity (Wildman–Crippen MR) is 76.1 cm³/mol. The van der Waals surface area contributed by atoms with Crippen LogP contribution in [0.15, 0.2) is 18.2 Å². The number of rotatable bonds is 4. The first-order chi connectivity index (χ1) is 8.51. The van der Waals surface area contributed by atoms with Gasteiger partial charge in [0.25, 0.3) is 0 Å². The van der Waals surface area contributed by atoms with Crippen LogP contribution in [0.5, 0.6) is 5.75 Å². The zero-order chi connectivity index (χ0) is 13.2. The quantitative estimate of drug-likeness (QED) is 0.875. The van der Waals surface area contributed by atoms with Crippen LogP contribution in [0.1, 0.15) is 50.8 Å². The highest BCUT2D eigenvalue weighted by atomic mass is 16.5. The molecule has 1 aliphatic rings. The summed E-state index contributed by atoms with van der Waals surface area (Å²) >= 11 is 0. The molecule has 1 unspecified atom stereocenters. The number of hydrogen-bond acceptors (Lipinski definition) is 2. The lowest BCUT2D eigenvalue weighted by Gasteiger charge is -2.24. The zero-order valence-electron chi connectivity index (χ0n) is 12.0. The van der Waals surface area contributed by atoms with Crippen molar-refractivity contribution in [3.05, 3.63) is 29.3 Å². The summed E-state index contributed by atoms with van der Waals surface area (Å²) in [6.45, 7) is 7.73. The van der Waals surface area contributed by atoms with Gasteiger partial charge in [-0.05, 0) is 30.9 Å². The van der Waals surface area contributed by atoms with E-state index in [1.54, 1.807) is 0 Å².